The molecule has 1 aromatic heterocycles. The van der Waals surface area contributed by atoms with Gasteiger partial charge in [-0.05, 0) is 25.2 Å². The zero-order chi connectivity index (χ0) is 11.4. The number of hydrogen-bond donors (Lipinski definition) is 0. The van der Waals surface area contributed by atoms with Gasteiger partial charge in [0.15, 0.2) is 0 Å². The van der Waals surface area contributed by atoms with Crippen LogP contribution in [0.15, 0.2) is 4.42 Å². The van der Waals surface area contributed by atoms with Gasteiger partial charge in [-0.2, -0.15) is 0 Å². The summed E-state index contributed by atoms with van der Waals surface area (Å²) in [5.41, 5.74) is 0. The quantitative estimate of drug-likeness (QED) is 0.766. The fourth-order valence-corrected chi connectivity index (χ4v) is 2.30. The van der Waals surface area contributed by atoms with Crippen molar-refractivity contribution >= 4 is 17.6 Å². The van der Waals surface area contributed by atoms with Crippen molar-refractivity contribution in [3.63, 3.8) is 0 Å². The minimum Gasteiger partial charge on any atom is -0.407 e. The van der Waals surface area contributed by atoms with Crippen molar-refractivity contribution in [2.24, 2.45) is 5.92 Å². The largest absolute Gasteiger partial charge is 0.407 e. The van der Waals surface area contributed by atoms with Crippen molar-refractivity contribution in [3.05, 3.63) is 5.89 Å². The van der Waals surface area contributed by atoms with Crippen LogP contribution in [-0.4, -0.2) is 23.3 Å². The fraction of sp³-hybridized carbons (Fsp3) is 0.818. The van der Waals surface area contributed by atoms with E-state index in [1.54, 1.807) is 0 Å². The lowest BCUT2D eigenvalue weighted by molar-refractivity contribution is 0.457. The van der Waals surface area contributed by atoms with E-state index in [4.69, 9.17) is 16.0 Å². The molecule has 1 unspecified atom stereocenters. The van der Waals surface area contributed by atoms with Gasteiger partial charge in [0.25, 0.3) is 0 Å². The molecule has 0 spiro atoms. The van der Waals surface area contributed by atoms with E-state index in [0.29, 0.717) is 17.8 Å². The summed E-state index contributed by atoms with van der Waals surface area (Å²) in [6, 6.07) is 0.632. The topological polar surface area (TPSA) is 42.2 Å². The minimum atomic E-state index is 0.290. The van der Waals surface area contributed by atoms with Gasteiger partial charge in [-0.3, -0.25) is 0 Å². The molecular formula is C11H18ClN3O. The molecule has 2 rings (SSSR count). The van der Waals surface area contributed by atoms with E-state index in [9.17, 15) is 0 Å². The molecule has 0 saturated carbocycles. The normalized spacial score (nSPS) is 22.1. The summed E-state index contributed by atoms with van der Waals surface area (Å²) >= 11 is 5.64. The third kappa shape index (κ3) is 2.67. The molecule has 1 aromatic rings. The van der Waals surface area contributed by atoms with E-state index < -0.39 is 0 Å². The number of aromatic nitrogens is 2. The summed E-state index contributed by atoms with van der Waals surface area (Å²) < 4.78 is 5.47. The maximum absolute atomic E-state index is 5.64. The second-order valence-corrected chi connectivity index (χ2v) is 4.57. The van der Waals surface area contributed by atoms with Crippen LogP contribution in [0.3, 0.4) is 0 Å². The Morgan fingerprint density at radius 1 is 1.38 bits per heavy atom. The van der Waals surface area contributed by atoms with Gasteiger partial charge in [-0.1, -0.05) is 18.4 Å². The van der Waals surface area contributed by atoms with Crippen LogP contribution in [0.2, 0.25) is 0 Å². The van der Waals surface area contributed by atoms with Crippen LogP contribution in [0.4, 0.5) is 6.01 Å². The molecule has 1 atom stereocenters. The van der Waals surface area contributed by atoms with Gasteiger partial charge in [-0.25, -0.2) is 0 Å². The summed E-state index contributed by atoms with van der Waals surface area (Å²) in [4.78, 5) is 2.18. The molecular weight excluding hydrogens is 226 g/mol. The first-order valence-electron chi connectivity index (χ1n) is 5.96. The highest BCUT2D eigenvalue weighted by molar-refractivity contribution is 6.16. The SMILES string of the molecule is CCC1CCCN(c2nnc(CCl)o2)CC1. The molecule has 0 radical (unpaired) electrons. The Bertz CT molecular complexity index is 329. The Morgan fingerprint density at radius 3 is 2.94 bits per heavy atom. The maximum atomic E-state index is 5.64. The zero-order valence-corrected chi connectivity index (χ0v) is 10.4. The fourth-order valence-electron chi connectivity index (χ4n) is 2.19. The summed E-state index contributed by atoms with van der Waals surface area (Å²) in [6.45, 7) is 4.29. The Labute approximate surface area is 101 Å². The summed E-state index contributed by atoms with van der Waals surface area (Å²) in [5.74, 6) is 1.65. The van der Waals surface area contributed by atoms with E-state index >= 15 is 0 Å². The van der Waals surface area contributed by atoms with Crippen LogP contribution < -0.4 is 4.90 Å². The molecule has 1 fully saturated rings. The molecule has 0 amide bonds. The Kier molecular flexibility index (Phi) is 4.04. The number of halogens is 1. The molecule has 90 valence electrons. The number of rotatable bonds is 3. The van der Waals surface area contributed by atoms with Crippen molar-refractivity contribution in [2.45, 2.75) is 38.5 Å². The van der Waals surface area contributed by atoms with E-state index in [1.807, 2.05) is 0 Å². The van der Waals surface area contributed by atoms with Crippen LogP contribution in [0.1, 0.15) is 38.5 Å². The van der Waals surface area contributed by atoms with Gasteiger partial charge in [0, 0.05) is 13.1 Å². The van der Waals surface area contributed by atoms with Crippen molar-refractivity contribution in [3.8, 4) is 0 Å². The lowest BCUT2D eigenvalue weighted by atomic mass is 9.98. The predicted molar refractivity (Wildman–Crippen MR) is 63.7 cm³/mol. The number of anilines is 1. The van der Waals surface area contributed by atoms with Gasteiger partial charge in [0.1, 0.15) is 5.88 Å². The second kappa shape index (κ2) is 5.53. The average Bonchev–Trinajstić information content (AvgIpc) is 2.67. The standard InChI is InChI=1S/C11H18ClN3O/c1-2-9-4-3-6-15(7-5-9)11-14-13-10(8-12)16-11/h9H,2-8H2,1H3. The highest BCUT2D eigenvalue weighted by Crippen LogP contribution is 2.23. The molecule has 2 heterocycles. The third-order valence-electron chi connectivity index (χ3n) is 3.27. The molecule has 5 heteroatoms. The first-order chi connectivity index (χ1) is 7.83. The first-order valence-corrected chi connectivity index (χ1v) is 6.50. The van der Waals surface area contributed by atoms with Crippen molar-refractivity contribution in [1.82, 2.24) is 10.2 Å². The summed E-state index contributed by atoms with van der Waals surface area (Å²) in [7, 11) is 0. The van der Waals surface area contributed by atoms with Crippen LogP contribution in [0.5, 0.6) is 0 Å². The lowest BCUT2D eigenvalue weighted by Crippen LogP contribution is -2.24. The summed E-state index contributed by atoms with van der Waals surface area (Å²) in [6.07, 6.45) is 5.00. The van der Waals surface area contributed by atoms with E-state index in [-0.39, 0.29) is 0 Å². The second-order valence-electron chi connectivity index (χ2n) is 4.30. The van der Waals surface area contributed by atoms with Gasteiger partial charge in [-0.15, -0.1) is 16.7 Å². The minimum absolute atomic E-state index is 0.290. The van der Waals surface area contributed by atoms with E-state index in [2.05, 4.69) is 22.0 Å². The van der Waals surface area contributed by atoms with Crippen molar-refractivity contribution in [2.75, 3.05) is 18.0 Å². The molecule has 0 N–H and O–H groups in total. The highest BCUT2D eigenvalue weighted by atomic mass is 35.5. The number of nitrogens with zero attached hydrogens (tertiary/aromatic N) is 3. The third-order valence-corrected chi connectivity index (χ3v) is 3.49. The number of alkyl halides is 1. The van der Waals surface area contributed by atoms with Gasteiger partial charge in [0.2, 0.25) is 5.89 Å². The lowest BCUT2D eigenvalue weighted by Gasteiger charge is -2.17. The van der Waals surface area contributed by atoms with Crippen molar-refractivity contribution in [1.29, 1.82) is 0 Å². The predicted octanol–water partition coefficient (Wildman–Crippen LogP) is 2.82. The molecule has 0 aromatic carbocycles. The van der Waals surface area contributed by atoms with Crippen LogP contribution in [-0.2, 0) is 5.88 Å². The molecule has 0 bridgehead atoms. The molecule has 1 aliphatic heterocycles. The smallest absolute Gasteiger partial charge is 0.318 e. The van der Waals surface area contributed by atoms with Crippen LogP contribution in [0, 0.1) is 5.92 Å². The monoisotopic (exact) mass is 243 g/mol. The van der Waals surface area contributed by atoms with Crippen LogP contribution in [0.25, 0.3) is 0 Å². The number of hydrogen-bond acceptors (Lipinski definition) is 4. The van der Waals surface area contributed by atoms with Crippen LogP contribution >= 0.6 is 11.6 Å². The Morgan fingerprint density at radius 2 is 2.25 bits per heavy atom. The Balaban J connectivity index is 1.99. The first kappa shape index (κ1) is 11.7. The summed E-state index contributed by atoms with van der Waals surface area (Å²) in [5, 5.41) is 7.92. The zero-order valence-electron chi connectivity index (χ0n) is 9.65. The average molecular weight is 244 g/mol. The van der Waals surface area contributed by atoms with E-state index in [0.717, 1.165) is 19.0 Å². The molecule has 1 aliphatic rings. The molecule has 4 nitrogen and oxygen atoms in total. The van der Waals surface area contributed by atoms with E-state index in [1.165, 1.54) is 25.7 Å². The van der Waals surface area contributed by atoms with Crippen molar-refractivity contribution < 1.29 is 4.42 Å². The Hall–Kier alpha value is -0.770. The van der Waals surface area contributed by atoms with Gasteiger partial charge >= 0.3 is 6.01 Å². The molecule has 0 aliphatic carbocycles. The molecule has 16 heavy (non-hydrogen) atoms. The van der Waals surface area contributed by atoms with Gasteiger partial charge in [0.05, 0.1) is 0 Å². The molecule has 1 saturated heterocycles. The van der Waals surface area contributed by atoms with Gasteiger partial charge < -0.3 is 9.32 Å². The highest BCUT2D eigenvalue weighted by Gasteiger charge is 2.19. The maximum Gasteiger partial charge on any atom is 0.318 e.